The van der Waals surface area contributed by atoms with Crippen molar-refractivity contribution in [2.45, 2.75) is 24.9 Å². The van der Waals surface area contributed by atoms with Gasteiger partial charge in [0.25, 0.3) is 11.8 Å². The zero-order valence-corrected chi connectivity index (χ0v) is 22.5. The molecule has 6 rings (SSSR count). The summed E-state index contributed by atoms with van der Waals surface area (Å²) in [6.07, 6.45) is 3.88. The Labute approximate surface area is 239 Å². The number of hydrogen-bond acceptors (Lipinski definition) is 7. The van der Waals surface area contributed by atoms with E-state index in [1.54, 1.807) is 66.9 Å². The lowest BCUT2D eigenvalue weighted by Crippen LogP contribution is -2.46. The number of carbonyl (C=O) groups excluding carboxylic acids is 3. The largest absolute Gasteiger partial charge is 0.497 e. The number of carbonyl (C=O) groups is 3. The van der Waals surface area contributed by atoms with Crippen LogP contribution in [0.5, 0.6) is 5.75 Å². The van der Waals surface area contributed by atoms with Crippen molar-refractivity contribution < 1.29 is 19.1 Å². The molecule has 2 aromatic heterocycles. The molecule has 1 unspecified atom stereocenters. The van der Waals surface area contributed by atoms with E-state index in [1.165, 1.54) is 4.57 Å². The van der Waals surface area contributed by atoms with E-state index in [-0.39, 0.29) is 12.3 Å². The van der Waals surface area contributed by atoms with E-state index < -0.39 is 23.2 Å². The summed E-state index contributed by atoms with van der Waals surface area (Å²) in [7, 11) is 1.55. The first-order valence-electron chi connectivity index (χ1n) is 13.2. The monoisotopic (exact) mass is 563 g/mol. The molecular weight excluding hydrogens is 538 g/mol. The smallest absolute Gasteiger partial charge is 0.348 e. The molecule has 3 N–H and O–H groups in total. The van der Waals surface area contributed by atoms with Gasteiger partial charge in [-0.05, 0) is 66.9 Å². The molecule has 12 nitrogen and oxygen atoms in total. The lowest BCUT2D eigenvalue weighted by atomic mass is 9.93. The summed E-state index contributed by atoms with van der Waals surface area (Å²) in [5.41, 5.74) is 1.48. The number of nitrogens with zero attached hydrogens (tertiary/aromatic N) is 4. The van der Waals surface area contributed by atoms with Gasteiger partial charge in [0, 0.05) is 42.2 Å². The Morgan fingerprint density at radius 2 is 1.90 bits per heavy atom. The lowest BCUT2D eigenvalue weighted by molar-refractivity contribution is -0.122. The molecule has 210 valence electrons. The van der Waals surface area contributed by atoms with Crippen LogP contribution in [0.2, 0.25) is 0 Å². The average molecular weight is 564 g/mol. The molecule has 0 aliphatic carbocycles. The molecule has 4 amide bonds. The van der Waals surface area contributed by atoms with E-state index in [4.69, 9.17) is 4.74 Å². The third kappa shape index (κ3) is 4.88. The van der Waals surface area contributed by atoms with Crippen LogP contribution in [0.4, 0.5) is 4.79 Å². The maximum Gasteiger partial charge on any atom is 0.348 e. The van der Waals surface area contributed by atoms with E-state index in [2.05, 4.69) is 37.7 Å². The van der Waals surface area contributed by atoms with Gasteiger partial charge >= 0.3 is 11.7 Å². The van der Waals surface area contributed by atoms with E-state index in [9.17, 15) is 19.2 Å². The second kappa shape index (κ2) is 10.7. The zero-order chi connectivity index (χ0) is 29.3. The number of ether oxygens (including phenoxy) is 1. The topological polar surface area (TPSA) is 151 Å². The fourth-order valence-electron chi connectivity index (χ4n) is 5.10. The standard InChI is InChI=1S/C30H25N7O5/c1-42-23-10-7-21-18-36(26(38)24(21)16-23)15-3-12-30(27(39)32-28(40)33-30)13-11-19-5-8-22(9-6-19)37-25(34-35-29(37)41)20-4-2-14-31-17-20/h2,4-10,14,16-17H,3,12,15,18H2,1H3,(H,35,41)(H2,32,33,39,40). The summed E-state index contributed by atoms with van der Waals surface area (Å²) in [4.78, 5) is 56.1. The van der Waals surface area contributed by atoms with Crippen LogP contribution >= 0.6 is 0 Å². The van der Waals surface area contributed by atoms with Gasteiger partial charge < -0.3 is 15.0 Å². The molecule has 0 spiro atoms. The predicted molar refractivity (Wildman–Crippen MR) is 151 cm³/mol. The highest BCUT2D eigenvalue weighted by atomic mass is 16.5. The van der Waals surface area contributed by atoms with Gasteiger partial charge in [-0.15, -0.1) is 0 Å². The van der Waals surface area contributed by atoms with Gasteiger partial charge in [-0.25, -0.2) is 19.3 Å². The molecule has 4 aromatic rings. The minimum atomic E-state index is -1.44. The number of urea groups is 1. The van der Waals surface area contributed by atoms with Gasteiger partial charge in [0.05, 0.1) is 12.8 Å². The molecule has 2 aromatic carbocycles. The SMILES string of the molecule is COc1ccc2c(c1)C(=O)N(CCCC1(C#Cc3ccc(-n4c(-c5cccnc5)n[nH]c4=O)cc3)NC(=O)NC1=O)C2. The van der Waals surface area contributed by atoms with E-state index >= 15 is 0 Å². The Kier molecular flexibility index (Phi) is 6.76. The third-order valence-electron chi connectivity index (χ3n) is 7.26. The summed E-state index contributed by atoms with van der Waals surface area (Å²) >= 11 is 0. The maximum absolute atomic E-state index is 12.9. The van der Waals surface area contributed by atoms with Crippen molar-refractivity contribution in [2.24, 2.45) is 0 Å². The van der Waals surface area contributed by atoms with Crippen LogP contribution in [0.15, 0.2) is 71.8 Å². The molecule has 12 heteroatoms. The molecule has 0 radical (unpaired) electrons. The van der Waals surface area contributed by atoms with Gasteiger partial charge in [0.15, 0.2) is 11.4 Å². The molecule has 1 saturated heterocycles. The lowest BCUT2D eigenvalue weighted by Gasteiger charge is -2.22. The number of benzene rings is 2. The third-order valence-corrected chi connectivity index (χ3v) is 7.26. The van der Waals surface area contributed by atoms with Crippen molar-refractivity contribution in [1.82, 2.24) is 35.3 Å². The number of aromatic nitrogens is 4. The van der Waals surface area contributed by atoms with Gasteiger partial charge in [0.1, 0.15) is 5.75 Å². The van der Waals surface area contributed by atoms with Gasteiger partial charge in [-0.3, -0.25) is 19.9 Å². The summed E-state index contributed by atoms with van der Waals surface area (Å²) in [6, 6.07) is 15.2. The normalized spacial score (nSPS) is 17.4. The number of nitrogens with one attached hydrogen (secondary N) is 3. The fraction of sp³-hybridized carbons (Fsp3) is 0.200. The number of hydrogen-bond donors (Lipinski definition) is 3. The maximum atomic E-state index is 12.9. The van der Waals surface area contributed by atoms with E-state index in [1.807, 2.05) is 12.1 Å². The van der Waals surface area contributed by atoms with Crippen LogP contribution in [-0.4, -0.2) is 61.7 Å². The minimum absolute atomic E-state index is 0.104. The van der Waals surface area contributed by atoms with Crippen LogP contribution in [0.3, 0.4) is 0 Å². The average Bonchev–Trinajstić information content (AvgIpc) is 3.64. The highest BCUT2D eigenvalue weighted by Gasteiger charge is 2.45. The molecule has 1 atom stereocenters. The number of H-pyrrole nitrogens is 1. The van der Waals surface area contributed by atoms with E-state index in [0.29, 0.717) is 53.5 Å². The van der Waals surface area contributed by atoms with Crippen LogP contribution in [0.1, 0.15) is 34.3 Å². The second-order valence-electron chi connectivity index (χ2n) is 9.89. The predicted octanol–water partition coefficient (Wildman–Crippen LogP) is 2.00. The number of aromatic amines is 1. The summed E-state index contributed by atoms with van der Waals surface area (Å²) < 4.78 is 6.66. The van der Waals surface area contributed by atoms with Crippen molar-refractivity contribution in [2.75, 3.05) is 13.7 Å². The first-order valence-corrected chi connectivity index (χ1v) is 13.2. The number of rotatable bonds is 7. The second-order valence-corrected chi connectivity index (χ2v) is 9.89. The Hall–Kier alpha value is -5.70. The van der Waals surface area contributed by atoms with E-state index in [0.717, 1.165) is 5.56 Å². The highest BCUT2D eigenvalue weighted by molar-refractivity contribution is 6.09. The fourth-order valence-corrected chi connectivity index (χ4v) is 5.10. The Morgan fingerprint density at radius 3 is 2.62 bits per heavy atom. The number of fused-ring (bicyclic) bond motifs is 1. The number of methoxy groups -OCH3 is 1. The molecule has 1 fully saturated rings. The van der Waals surface area contributed by atoms with Gasteiger partial charge in [0.2, 0.25) is 0 Å². The first kappa shape index (κ1) is 26.5. The van der Waals surface area contributed by atoms with Crippen molar-refractivity contribution in [1.29, 1.82) is 0 Å². The molecule has 0 saturated carbocycles. The Morgan fingerprint density at radius 1 is 1.07 bits per heavy atom. The highest BCUT2D eigenvalue weighted by Crippen LogP contribution is 2.28. The summed E-state index contributed by atoms with van der Waals surface area (Å²) in [5, 5.41) is 11.5. The number of imide groups is 1. The molecule has 0 bridgehead atoms. The van der Waals surface area contributed by atoms with Gasteiger partial charge in [-0.2, -0.15) is 5.10 Å². The molecule has 2 aliphatic heterocycles. The molecule has 42 heavy (non-hydrogen) atoms. The van der Waals surface area contributed by atoms with Crippen LogP contribution < -0.4 is 21.1 Å². The quantitative estimate of drug-likeness (QED) is 0.230. The molecule has 4 heterocycles. The van der Waals surface area contributed by atoms with Crippen LogP contribution in [-0.2, 0) is 11.3 Å². The van der Waals surface area contributed by atoms with Gasteiger partial charge in [-0.1, -0.05) is 17.9 Å². The summed E-state index contributed by atoms with van der Waals surface area (Å²) in [6.45, 7) is 0.847. The van der Waals surface area contributed by atoms with Crippen LogP contribution in [0, 0.1) is 11.8 Å². The van der Waals surface area contributed by atoms with Crippen molar-refractivity contribution in [3.63, 3.8) is 0 Å². The Bertz CT molecular complexity index is 1820. The number of amides is 4. The van der Waals surface area contributed by atoms with Crippen molar-refractivity contribution in [3.05, 3.63) is 94.2 Å². The molecular formula is C30H25N7O5. The van der Waals surface area contributed by atoms with Crippen molar-refractivity contribution in [3.8, 4) is 34.7 Å². The van der Waals surface area contributed by atoms with Crippen molar-refractivity contribution >= 4 is 17.8 Å². The summed E-state index contributed by atoms with van der Waals surface area (Å²) in [5.74, 6) is 6.32. The number of pyridine rings is 1. The Balaban J connectivity index is 1.18. The first-order chi connectivity index (χ1) is 20.4. The zero-order valence-electron chi connectivity index (χ0n) is 22.5. The molecule has 2 aliphatic rings. The van der Waals surface area contributed by atoms with Crippen LogP contribution in [0.25, 0.3) is 17.1 Å². The minimum Gasteiger partial charge on any atom is -0.497 e.